The average molecular weight is 450 g/mol. The Morgan fingerprint density at radius 2 is 2.09 bits per heavy atom. The van der Waals surface area contributed by atoms with Crippen molar-refractivity contribution in [2.24, 2.45) is 10.9 Å². The van der Waals surface area contributed by atoms with Crippen LogP contribution in [0.5, 0.6) is 0 Å². The molecule has 1 saturated heterocycles. The fourth-order valence-corrected chi connectivity index (χ4v) is 3.72. The monoisotopic (exact) mass is 450 g/mol. The van der Waals surface area contributed by atoms with Crippen molar-refractivity contribution in [3.63, 3.8) is 0 Å². The summed E-state index contributed by atoms with van der Waals surface area (Å²) in [5.74, 6) is 1.54. The number of nitrogens with one attached hydrogen (secondary N) is 2. The quantitative estimate of drug-likeness (QED) is 0.381. The lowest BCUT2D eigenvalue weighted by atomic mass is 10.1. The Labute approximate surface area is 162 Å². The normalized spacial score (nSPS) is 17.4. The molecule has 1 unspecified atom stereocenters. The second kappa shape index (κ2) is 12.1. The lowest BCUT2D eigenvalue weighted by molar-refractivity contribution is 0.232. The fourth-order valence-electron chi connectivity index (χ4n) is 2.85. The van der Waals surface area contributed by atoms with Crippen molar-refractivity contribution in [1.29, 1.82) is 0 Å². The van der Waals surface area contributed by atoms with E-state index in [9.17, 15) is 0 Å². The minimum absolute atomic E-state index is 0. The molecule has 1 aromatic rings. The smallest absolute Gasteiger partial charge is 0.191 e. The largest absolute Gasteiger partial charge is 0.356 e. The second-order valence-electron chi connectivity index (χ2n) is 6.17. The summed E-state index contributed by atoms with van der Waals surface area (Å²) in [7, 11) is 1.85. The van der Waals surface area contributed by atoms with Crippen molar-refractivity contribution in [2.45, 2.75) is 32.6 Å². The van der Waals surface area contributed by atoms with Gasteiger partial charge in [-0.1, -0.05) is 19.4 Å². The number of aliphatic imine (C=N–C) groups is 1. The molecule has 2 heterocycles. The summed E-state index contributed by atoms with van der Waals surface area (Å²) in [4.78, 5) is 8.32. The maximum Gasteiger partial charge on any atom is 0.191 e. The highest BCUT2D eigenvalue weighted by molar-refractivity contribution is 14.0. The highest BCUT2D eigenvalue weighted by atomic mass is 127. The fraction of sp³-hybridized carbons (Fsp3) is 0.706. The van der Waals surface area contributed by atoms with E-state index in [-0.39, 0.29) is 24.0 Å². The third-order valence-corrected chi connectivity index (χ3v) is 5.04. The van der Waals surface area contributed by atoms with Crippen molar-refractivity contribution >= 4 is 41.3 Å². The molecular formula is C17H31IN4S. The van der Waals surface area contributed by atoms with Crippen LogP contribution in [0.1, 0.15) is 31.1 Å². The summed E-state index contributed by atoms with van der Waals surface area (Å²) in [6, 6.07) is 4.34. The zero-order valence-electron chi connectivity index (χ0n) is 14.4. The Bertz CT molecular complexity index is 430. The first kappa shape index (κ1) is 20.7. The number of rotatable bonds is 7. The molecule has 1 aliphatic heterocycles. The second-order valence-corrected chi connectivity index (χ2v) is 7.20. The highest BCUT2D eigenvalue weighted by Gasteiger charge is 2.10. The summed E-state index contributed by atoms with van der Waals surface area (Å²) in [6.07, 6.45) is 5.24. The van der Waals surface area contributed by atoms with Crippen molar-refractivity contribution < 1.29 is 0 Å². The maximum absolute atomic E-state index is 4.32. The third-order valence-electron chi connectivity index (χ3n) is 4.14. The Morgan fingerprint density at radius 1 is 1.30 bits per heavy atom. The number of nitrogens with zero attached hydrogens (tertiary/aromatic N) is 2. The molecule has 6 heteroatoms. The average Bonchev–Trinajstić information content (AvgIpc) is 3.04. The minimum atomic E-state index is 0. The predicted octanol–water partition coefficient (Wildman–Crippen LogP) is 3.20. The van der Waals surface area contributed by atoms with E-state index in [1.54, 1.807) is 0 Å². The van der Waals surface area contributed by atoms with Gasteiger partial charge in [0.25, 0.3) is 0 Å². The van der Waals surface area contributed by atoms with Gasteiger partial charge in [-0.3, -0.25) is 4.99 Å². The molecular weight excluding hydrogens is 419 g/mol. The van der Waals surface area contributed by atoms with Crippen molar-refractivity contribution in [1.82, 2.24) is 15.5 Å². The van der Waals surface area contributed by atoms with E-state index in [1.807, 2.05) is 18.4 Å². The number of guanidine groups is 1. The van der Waals surface area contributed by atoms with Crippen LogP contribution in [0.25, 0.3) is 0 Å². The van der Waals surface area contributed by atoms with E-state index < -0.39 is 0 Å². The van der Waals surface area contributed by atoms with Gasteiger partial charge < -0.3 is 15.5 Å². The molecule has 0 aliphatic carbocycles. The summed E-state index contributed by atoms with van der Waals surface area (Å²) in [6.45, 7) is 7.84. The van der Waals surface area contributed by atoms with Gasteiger partial charge in [-0.25, -0.2) is 0 Å². The van der Waals surface area contributed by atoms with Crippen LogP contribution < -0.4 is 10.6 Å². The van der Waals surface area contributed by atoms with E-state index >= 15 is 0 Å². The van der Waals surface area contributed by atoms with Gasteiger partial charge in [0.1, 0.15) is 0 Å². The molecule has 1 aromatic heterocycles. The number of thiophene rings is 1. The van der Waals surface area contributed by atoms with Crippen LogP contribution in [0.4, 0.5) is 0 Å². The molecule has 0 bridgehead atoms. The summed E-state index contributed by atoms with van der Waals surface area (Å²) < 4.78 is 0. The maximum atomic E-state index is 4.32. The van der Waals surface area contributed by atoms with Crippen LogP contribution >= 0.6 is 35.3 Å². The topological polar surface area (TPSA) is 39.7 Å². The molecule has 0 amide bonds. The van der Waals surface area contributed by atoms with Crippen molar-refractivity contribution in [2.75, 3.05) is 39.8 Å². The summed E-state index contributed by atoms with van der Waals surface area (Å²) in [5, 5.41) is 9.02. The van der Waals surface area contributed by atoms with Crippen LogP contribution in [0, 0.1) is 5.92 Å². The molecule has 4 nitrogen and oxygen atoms in total. The lowest BCUT2D eigenvalue weighted by Gasteiger charge is -2.26. The third kappa shape index (κ3) is 8.35. The van der Waals surface area contributed by atoms with Crippen LogP contribution in [0.3, 0.4) is 0 Å². The van der Waals surface area contributed by atoms with Gasteiger partial charge in [-0.15, -0.1) is 35.3 Å². The molecule has 0 radical (unpaired) electrons. The van der Waals surface area contributed by atoms with E-state index in [2.05, 4.69) is 45.0 Å². The molecule has 1 atom stereocenters. The van der Waals surface area contributed by atoms with E-state index in [0.717, 1.165) is 32.0 Å². The molecule has 0 aromatic carbocycles. The molecule has 2 N–H and O–H groups in total. The first-order valence-electron chi connectivity index (χ1n) is 8.47. The Kier molecular flexibility index (Phi) is 10.9. The van der Waals surface area contributed by atoms with Crippen molar-refractivity contribution in [3.8, 4) is 0 Å². The van der Waals surface area contributed by atoms with Crippen LogP contribution in [-0.4, -0.2) is 50.6 Å². The van der Waals surface area contributed by atoms with Gasteiger partial charge in [-0.2, -0.15) is 0 Å². The first-order chi connectivity index (χ1) is 10.8. The molecule has 2 rings (SSSR count). The lowest BCUT2D eigenvalue weighted by Crippen LogP contribution is -2.43. The van der Waals surface area contributed by atoms with Gasteiger partial charge in [0, 0.05) is 31.6 Å². The molecule has 0 saturated carbocycles. The van der Waals surface area contributed by atoms with Crippen LogP contribution in [0.15, 0.2) is 22.5 Å². The van der Waals surface area contributed by atoms with Gasteiger partial charge in [0.15, 0.2) is 5.96 Å². The van der Waals surface area contributed by atoms with Gasteiger partial charge in [-0.05, 0) is 49.7 Å². The Hall–Kier alpha value is -0.340. The zero-order chi connectivity index (χ0) is 15.6. The number of piperidine rings is 1. The first-order valence-corrected chi connectivity index (χ1v) is 9.35. The number of halogens is 1. The minimum Gasteiger partial charge on any atom is -0.356 e. The number of hydrogen-bond donors (Lipinski definition) is 2. The molecule has 0 spiro atoms. The van der Waals surface area contributed by atoms with Crippen LogP contribution in [-0.2, 0) is 6.42 Å². The summed E-state index contributed by atoms with van der Waals surface area (Å²) >= 11 is 1.84. The van der Waals surface area contributed by atoms with E-state index in [0.29, 0.717) is 5.92 Å². The van der Waals surface area contributed by atoms with Gasteiger partial charge in [0.05, 0.1) is 0 Å². The predicted molar refractivity (Wildman–Crippen MR) is 112 cm³/mol. The van der Waals surface area contributed by atoms with E-state index in [4.69, 9.17) is 0 Å². The van der Waals surface area contributed by atoms with E-state index in [1.165, 1.54) is 37.2 Å². The van der Waals surface area contributed by atoms with Gasteiger partial charge in [0.2, 0.25) is 0 Å². The number of hydrogen-bond acceptors (Lipinski definition) is 3. The summed E-state index contributed by atoms with van der Waals surface area (Å²) in [5.41, 5.74) is 0. The SMILES string of the molecule is CN=C(NCCN1CCCCC1)NCC(C)Cc1cccs1.I. The Morgan fingerprint density at radius 3 is 2.74 bits per heavy atom. The van der Waals surface area contributed by atoms with Gasteiger partial charge >= 0.3 is 0 Å². The van der Waals surface area contributed by atoms with Crippen LogP contribution in [0.2, 0.25) is 0 Å². The standard InChI is InChI=1S/C17H30N4S.HI/c1-15(13-16-7-6-12-22-16)14-20-17(18-2)19-8-11-21-9-4-3-5-10-21;/h6-7,12,15H,3-5,8-11,13-14H2,1-2H3,(H2,18,19,20);1H. The molecule has 1 aliphatic rings. The molecule has 1 fully saturated rings. The zero-order valence-corrected chi connectivity index (χ0v) is 17.5. The van der Waals surface area contributed by atoms with Crippen molar-refractivity contribution in [3.05, 3.63) is 22.4 Å². The highest BCUT2D eigenvalue weighted by Crippen LogP contribution is 2.13. The number of likely N-dealkylation sites (tertiary alicyclic amines) is 1. The Balaban J connectivity index is 0.00000264. The molecule has 132 valence electrons. The molecule has 23 heavy (non-hydrogen) atoms.